The Kier molecular flexibility index (Phi) is 5.49. The van der Waals surface area contributed by atoms with Gasteiger partial charge in [-0.05, 0) is 37.4 Å². The average Bonchev–Trinajstić information content (AvgIpc) is 2.49. The van der Waals surface area contributed by atoms with Gasteiger partial charge in [0.2, 0.25) is 0 Å². The largest absolute Gasteiger partial charge is 0.384 e. The van der Waals surface area contributed by atoms with E-state index in [1.54, 1.807) is 13.2 Å². The number of benzene rings is 1. The molecule has 0 unspecified atom stereocenters. The molecule has 0 bridgehead atoms. The molecule has 2 rings (SSSR count). The lowest BCUT2D eigenvalue weighted by Crippen LogP contribution is -2.34. The maximum absolute atomic E-state index is 11.0. The van der Waals surface area contributed by atoms with Crippen molar-refractivity contribution in [2.24, 2.45) is 11.8 Å². The smallest absolute Gasteiger partial charge is 0.293 e. The number of nitro benzene ring substituents is 1. The Bertz CT molecular complexity index is 487. The molecule has 1 aliphatic heterocycles. The van der Waals surface area contributed by atoms with Crippen molar-refractivity contribution in [3.05, 3.63) is 33.9 Å². The van der Waals surface area contributed by atoms with Crippen LogP contribution in [0.1, 0.15) is 18.4 Å². The fourth-order valence-corrected chi connectivity index (χ4v) is 2.82. The molecule has 0 atom stereocenters. The number of methoxy groups -OCH3 is 1. The van der Waals surface area contributed by atoms with Crippen LogP contribution >= 0.6 is 0 Å². The number of hydrogen-bond acceptors (Lipinski definition) is 6. The van der Waals surface area contributed by atoms with E-state index in [0.717, 1.165) is 38.1 Å². The van der Waals surface area contributed by atoms with Crippen molar-refractivity contribution in [3.8, 4) is 0 Å². The maximum atomic E-state index is 11.0. The number of anilines is 1. The van der Waals surface area contributed by atoms with Crippen molar-refractivity contribution in [2.75, 3.05) is 32.2 Å². The standard InChI is InChI=1S/C14H22N4O3/c1-21-10-11-5-7-17(8-6-11)9-12-3-2-4-13(18(19)20)14(12)16-15/h2-4,11,16H,5-10,15H2,1H3. The molecule has 7 nitrogen and oxygen atoms in total. The lowest BCUT2D eigenvalue weighted by atomic mass is 9.97. The molecule has 1 saturated heterocycles. The molecule has 7 heteroatoms. The molecule has 0 amide bonds. The summed E-state index contributed by atoms with van der Waals surface area (Å²) in [6, 6.07) is 5.04. The van der Waals surface area contributed by atoms with Crippen molar-refractivity contribution in [2.45, 2.75) is 19.4 Å². The third-order valence-electron chi connectivity index (χ3n) is 3.97. The molecule has 116 valence electrons. The second-order valence-corrected chi connectivity index (χ2v) is 5.39. The summed E-state index contributed by atoms with van der Waals surface area (Å²) >= 11 is 0. The Hall–Kier alpha value is -1.70. The minimum Gasteiger partial charge on any atom is -0.384 e. The molecule has 0 spiro atoms. The molecule has 1 heterocycles. The summed E-state index contributed by atoms with van der Waals surface area (Å²) < 4.78 is 5.19. The van der Waals surface area contributed by atoms with E-state index in [9.17, 15) is 10.1 Å². The SMILES string of the molecule is COCC1CCN(Cc2cccc([N+](=O)[O-])c2NN)CC1. The Morgan fingerprint density at radius 3 is 2.76 bits per heavy atom. The second kappa shape index (κ2) is 7.35. The topological polar surface area (TPSA) is 93.7 Å². The van der Waals surface area contributed by atoms with Crippen molar-refractivity contribution in [1.82, 2.24) is 4.90 Å². The number of hydrazine groups is 1. The molecule has 1 aromatic carbocycles. The predicted molar refractivity (Wildman–Crippen MR) is 80.8 cm³/mol. The van der Waals surface area contributed by atoms with Crippen LogP contribution in [0.15, 0.2) is 18.2 Å². The van der Waals surface area contributed by atoms with Gasteiger partial charge >= 0.3 is 0 Å². The van der Waals surface area contributed by atoms with Gasteiger partial charge in [0.1, 0.15) is 5.69 Å². The number of nitrogens with two attached hydrogens (primary N) is 1. The number of ether oxygens (including phenoxy) is 1. The van der Waals surface area contributed by atoms with E-state index in [2.05, 4.69) is 10.3 Å². The molecule has 0 radical (unpaired) electrons. The summed E-state index contributed by atoms with van der Waals surface area (Å²) in [6.07, 6.45) is 2.18. The number of piperidine rings is 1. The van der Waals surface area contributed by atoms with Gasteiger partial charge in [0.15, 0.2) is 0 Å². The van der Waals surface area contributed by atoms with E-state index in [1.165, 1.54) is 6.07 Å². The highest BCUT2D eigenvalue weighted by atomic mass is 16.6. The number of hydrogen-bond donors (Lipinski definition) is 2. The predicted octanol–water partition coefficient (Wildman–Crippen LogP) is 1.74. The number of rotatable bonds is 6. The van der Waals surface area contributed by atoms with Crippen LogP contribution in [-0.4, -0.2) is 36.6 Å². The Balaban J connectivity index is 2.04. The fourth-order valence-electron chi connectivity index (χ4n) is 2.82. The highest BCUT2D eigenvalue weighted by Gasteiger charge is 2.22. The Morgan fingerprint density at radius 1 is 1.48 bits per heavy atom. The van der Waals surface area contributed by atoms with Gasteiger partial charge in [0.05, 0.1) is 4.92 Å². The summed E-state index contributed by atoms with van der Waals surface area (Å²) in [6.45, 7) is 3.42. The van der Waals surface area contributed by atoms with Crippen molar-refractivity contribution in [1.29, 1.82) is 0 Å². The van der Waals surface area contributed by atoms with Gasteiger partial charge in [0.25, 0.3) is 5.69 Å². The van der Waals surface area contributed by atoms with E-state index in [0.29, 0.717) is 18.2 Å². The zero-order valence-electron chi connectivity index (χ0n) is 12.2. The number of likely N-dealkylation sites (tertiary alicyclic amines) is 1. The molecule has 0 aromatic heterocycles. The van der Waals surface area contributed by atoms with Crippen molar-refractivity contribution < 1.29 is 9.66 Å². The first-order valence-electron chi connectivity index (χ1n) is 7.10. The van der Waals surface area contributed by atoms with E-state index >= 15 is 0 Å². The highest BCUT2D eigenvalue weighted by molar-refractivity contribution is 5.65. The van der Waals surface area contributed by atoms with Crippen LogP contribution in [0.2, 0.25) is 0 Å². The van der Waals surface area contributed by atoms with Crippen LogP contribution in [-0.2, 0) is 11.3 Å². The monoisotopic (exact) mass is 294 g/mol. The maximum Gasteiger partial charge on any atom is 0.293 e. The summed E-state index contributed by atoms with van der Waals surface area (Å²) in [5.74, 6) is 6.08. The van der Waals surface area contributed by atoms with Gasteiger partial charge < -0.3 is 10.2 Å². The first-order chi connectivity index (χ1) is 10.2. The van der Waals surface area contributed by atoms with Gasteiger partial charge in [-0.2, -0.15) is 0 Å². The average molecular weight is 294 g/mol. The molecule has 3 N–H and O–H groups in total. The Labute approximate surface area is 124 Å². The van der Waals surface area contributed by atoms with Crippen LogP contribution in [0.25, 0.3) is 0 Å². The van der Waals surface area contributed by atoms with Gasteiger partial charge in [-0.25, -0.2) is 0 Å². The summed E-state index contributed by atoms with van der Waals surface area (Å²) in [7, 11) is 1.73. The minimum atomic E-state index is -0.413. The first-order valence-corrected chi connectivity index (χ1v) is 7.10. The number of nitrogens with zero attached hydrogens (tertiary/aromatic N) is 2. The quantitative estimate of drug-likeness (QED) is 0.471. The van der Waals surface area contributed by atoms with E-state index in [-0.39, 0.29) is 5.69 Å². The summed E-state index contributed by atoms with van der Waals surface area (Å²) in [4.78, 5) is 12.9. The lowest BCUT2D eigenvalue weighted by Gasteiger charge is -2.31. The molecule has 1 fully saturated rings. The first kappa shape index (κ1) is 15.7. The third-order valence-corrected chi connectivity index (χ3v) is 3.97. The number of nitro groups is 1. The van der Waals surface area contributed by atoms with Crippen LogP contribution in [0.5, 0.6) is 0 Å². The highest BCUT2D eigenvalue weighted by Crippen LogP contribution is 2.29. The number of para-hydroxylation sites is 1. The van der Waals surface area contributed by atoms with Crippen LogP contribution < -0.4 is 11.3 Å². The van der Waals surface area contributed by atoms with Crippen LogP contribution in [0.3, 0.4) is 0 Å². The summed E-state index contributed by atoms with van der Waals surface area (Å²) in [5, 5.41) is 11.0. The minimum absolute atomic E-state index is 0.0178. The van der Waals surface area contributed by atoms with Crippen molar-refractivity contribution >= 4 is 11.4 Å². The van der Waals surface area contributed by atoms with Crippen molar-refractivity contribution in [3.63, 3.8) is 0 Å². The number of nitrogens with one attached hydrogen (secondary N) is 1. The van der Waals surface area contributed by atoms with Crippen LogP contribution in [0.4, 0.5) is 11.4 Å². The molecule has 0 aliphatic carbocycles. The Morgan fingerprint density at radius 2 is 2.19 bits per heavy atom. The second-order valence-electron chi connectivity index (χ2n) is 5.39. The molecule has 1 aromatic rings. The molecule has 21 heavy (non-hydrogen) atoms. The molecular weight excluding hydrogens is 272 g/mol. The molecule has 0 saturated carbocycles. The zero-order valence-corrected chi connectivity index (χ0v) is 12.2. The molecular formula is C14H22N4O3. The van der Waals surface area contributed by atoms with Gasteiger partial charge in [0, 0.05) is 26.3 Å². The van der Waals surface area contributed by atoms with Crippen LogP contribution in [0, 0.1) is 16.0 Å². The summed E-state index contributed by atoms with van der Waals surface area (Å²) in [5.41, 5.74) is 3.76. The van der Waals surface area contributed by atoms with E-state index in [4.69, 9.17) is 10.6 Å². The third kappa shape index (κ3) is 3.90. The fraction of sp³-hybridized carbons (Fsp3) is 0.571. The zero-order chi connectivity index (χ0) is 15.2. The van der Waals surface area contributed by atoms with E-state index < -0.39 is 4.92 Å². The normalized spacial score (nSPS) is 16.9. The van der Waals surface area contributed by atoms with E-state index in [1.807, 2.05) is 6.07 Å². The van der Waals surface area contributed by atoms with Gasteiger partial charge in [-0.1, -0.05) is 12.1 Å². The van der Waals surface area contributed by atoms with Gasteiger partial charge in [-0.3, -0.25) is 20.9 Å². The molecule has 1 aliphatic rings. The van der Waals surface area contributed by atoms with Gasteiger partial charge in [-0.15, -0.1) is 0 Å². The lowest BCUT2D eigenvalue weighted by molar-refractivity contribution is -0.384. The number of nitrogen functional groups attached to an aromatic ring is 1.